The Labute approximate surface area is 83.6 Å². The molecule has 0 saturated carbocycles. The van der Waals surface area contributed by atoms with Crippen molar-refractivity contribution in [1.29, 1.82) is 0 Å². The molecule has 0 aliphatic carbocycles. The Hall–Kier alpha value is -0.900. The van der Waals surface area contributed by atoms with Crippen molar-refractivity contribution >= 4 is 0 Å². The van der Waals surface area contributed by atoms with Crippen molar-refractivity contribution in [3.8, 4) is 0 Å². The first kappa shape index (κ1) is 11.2. The molecule has 1 aromatic rings. The molecule has 0 aromatic heterocycles. The van der Waals surface area contributed by atoms with Gasteiger partial charge in [0.2, 0.25) is 0 Å². The molecule has 0 heterocycles. The summed E-state index contributed by atoms with van der Waals surface area (Å²) >= 11 is 0. The SMILES string of the molecule is Cc1ccc(C)c(C(O)C(O)CO)c1. The van der Waals surface area contributed by atoms with Crippen LogP contribution >= 0.6 is 0 Å². The van der Waals surface area contributed by atoms with Crippen LogP contribution in [0, 0.1) is 13.8 Å². The van der Waals surface area contributed by atoms with E-state index in [-0.39, 0.29) is 0 Å². The summed E-state index contributed by atoms with van der Waals surface area (Å²) in [6.45, 7) is 3.34. The minimum atomic E-state index is -1.12. The summed E-state index contributed by atoms with van der Waals surface area (Å²) in [6, 6.07) is 5.65. The first-order valence-corrected chi connectivity index (χ1v) is 4.60. The van der Waals surface area contributed by atoms with E-state index in [9.17, 15) is 10.2 Å². The molecular weight excluding hydrogens is 180 g/mol. The predicted molar refractivity (Wildman–Crippen MR) is 54.0 cm³/mol. The van der Waals surface area contributed by atoms with Gasteiger partial charge in [-0.15, -0.1) is 0 Å². The average Bonchev–Trinajstić information content (AvgIpc) is 2.19. The summed E-state index contributed by atoms with van der Waals surface area (Å²) in [5.74, 6) is 0. The Balaban J connectivity index is 2.99. The molecule has 3 N–H and O–H groups in total. The zero-order valence-corrected chi connectivity index (χ0v) is 8.44. The van der Waals surface area contributed by atoms with Crippen LogP contribution in [-0.2, 0) is 0 Å². The highest BCUT2D eigenvalue weighted by Crippen LogP contribution is 2.21. The molecule has 1 aromatic carbocycles. The van der Waals surface area contributed by atoms with Crippen LogP contribution in [0.3, 0.4) is 0 Å². The van der Waals surface area contributed by atoms with E-state index in [0.29, 0.717) is 5.56 Å². The van der Waals surface area contributed by atoms with E-state index in [1.807, 2.05) is 32.0 Å². The fraction of sp³-hybridized carbons (Fsp3) is 0.455. The molecule has 3 nitrogen and oxygen atoms in total. The van der Waals surface area contributed by atoms with Crippen LogP contribution in [0.2, 0.25) is 0 Å². The largest absolute Gasteiger partial charge is 0.394 e. The lowest BCUT2D eigenvalue weighted by atomic mass is 9.98. The maximum Gasteiger partial charge on any atom is 0.107 e. The standard InChI is InChI=1S/C11H16O3/c1-7-3-4-8(2)9(5-7)11(14)10(13)6-12/h3-5,10-14H,6H2,1-2H3. The normalized spacial score (nSPS) is 15.2. The van der Waals surface area contributed by atoms with Gasteiger partial charge in [-0.3, -0.25) is 0 Å². The number of aliphatic hydroxyl groups is 3. The highest BCUT2D eigenvalue weighted by atomic mass is 16.4. The highest BCUT2D eigenvalue weighted by molar-refractivity contribution is 5.32. The van der Waals surface area contributed by atoms with Crippen molar-refractivity contribution in [1.82, 2.24) is 0 Å². The number of rotatable bonds is 3. The second-order valence-electron chi connectivity index (χ2n) is 3.55. The zero-order chi connectivity index (χ0) is 10.7. The lowest BCUT2D eigenvalue weighted by molar-refractivity contribution is -0.0155. The van der Waals surface area contributed by atoms with E-state index in [1.54, 1.807) is 0 Å². The fourth-order valence-electron chi connectivity index (χ4n) is 1.39. The van der Waals surface area contributed by atoms with Crippen molar-refractivity contribution in [2.75, 3.05) is 6.61 Å². The topological polar surface area (TPSA) is 60.7 Å². The van der Waals surface area contributed by atoms with Gasteiger partial charge in [-0.05, 0) is 25.0 Å². The lowest BCUT2D eigenvalue weighted by Gasteiger charge is -2.18. The molecule has 0 spiro atoms. The summed E-state index contributed by atoms with van der Waals surface area (Å²) in [6.07, 6.45) is -2.13. The van der Waals surface area contributed by atoms with Crippen molar-refractivity contribution < 1.29 is 15.3 Å². The van der Waals surface area contributed by atoms with E-state index in [0.717, 1.165) is 11.1 Å². The average molecular weight is 196 g/mol. The summed E-state index contributed by atoms with van der Waals surface area (Å²) in [4.78, 5) is 0. The Morgan fingerprint density at radius 3 is 2.43 bits per heavy atom. The molecule has 1 rings (SSSR count). The van der Waals surface area contributed by atoms with Gasteiger partial charge in [0.25, 0.3) is 0 Å². The third kappa shape index (κ3) is 2.32. The van der Waals surface area contributed by atoms with Gasteiger partial charge < -0.3 is 15.3 Å². The molecule has 0 saturated heterocycles. The Morgan fingerprint density at radius 2 is 1.86 bits per heavy atom. The van der Waals surface area contributed by atoms with E-state index in [1.165, 1.54) is 0 Å². The number of aryl methyl sites for hydroxylation is 2. The fourth-order valence-corrected chi connectivity index (χ4v) is 1.39. The van der Waals surface area contributed by atoms with Gasteiger partial charge >= 0.3 is 0 Å². The highest BCUT2D eigenvalue weighted by Gasteiger charge is 2.18. The minimum Gasteiger partial charge on any atom is -0.394 e. The van der Waals surface area contributed by atoms with E-state index in [4.69, 9.17) is 5.11 Å². The molecule has 0 bridgehead atoms. The van der Waals surface area contributed by atoms with Crippen molar-refractivity contribution in [2.24, 2.45) is 0 Å². The molecular formula is C11H16O3. The summed E-state index contributed by atoms with van der Waals surface area (Å²) < 4.78 is 0. The lowest BCUT2D eigenvalue weighted by Crippen LogP contribution is -2.22. The van der Waals surface area contributed by atoms with Crippen LogP contribution in [0.25, 0.3) is 0 Å². The van der Waals surface area contributed by atoms with Gasteiger partial charge in [0, 0.05) is 0 Å². The van der Waals surface area contributed by atoms with Crippen molar-refractivity contribution in [3.63, 3.8) is 0 Å². The van der Waals surface area contributed by atoms with Crippen LogP contribution in [0.15, 0.2) is 18.2 Å². The van der Waals surface area contributed by atoms with Gasteiger partial charge in [0.15, 0.2) is 0 Å². The number of hydrogen-bond acceptors (Lipinski definition) is 3. The maximum atomic E-state index is 9.68. The van der Waals surface area contributed by atoms with Gasteiger partial charge in [-0.25, -0.2) is 0 Å². The Kier molecular flexibility index (Phi) is 3.63. The maximum absolute atomic E-state index is 9.68. The minimum absolute atomic E-state index is 0.436. The van der Waals surface area contributed by atoms with Gasteiger partial charge in [-0.2, -0.15) is 0 Å². The van der Waals surface area contributed by atoms with Gasteiger partial charge in [-0.1, -0.05) is 23.8 Å². The molecule has 0 radical (unpaired) electrons. The van der Waals surface area contributed by atoms with Gasteiger partial charge in [0.1, 0.15) is 12.2 Å². The van der Waals surface area contributed by atoms with E-state index in [2.05, 4.69) is 0 Å². The third-order valence-electron chi connectivity index (χ3n) is 2.30. The van der Waals surface area contributed by atoms with Gasteiger partial charge in [0.05, 0.1) is 6.61 Å². The molecule has 0 aliphatic rings. The first-order chi connectivity index (χ1) is 6.56. The molecule has 0 amide bonds. The quantitative estimate of drug-likeness (QED) is 0.666. The van der Waals surface area contributed by atoms with Crippen molar-refractivity contribution in [2.45, 2.75) is 26.1 Å². The van der Waals surface area contributed by atoms with Crippen LogP contribution in [0.5, 0.6) is 0 Å². The smallest absolute Gasteiger partial charge is 0.107 e. The van der Waals surface area contributed by atoms with E-state index < -0.39 is 18.8 Å². The second-order valence-corrected chi connectivity index (χ2v) is 3.55. The summed E-state index contributed by atoms with van der Waals surface area (Å²) in [5, 5.41) is 27.7. The summed E-state index contributed by atoms with van der Waals surface area (Å²) in [7, 11) is 0. The van der Waals surface area contributed by atoms with Crippen LogP contribution in [0.4, 0.5) is 0 Å². The molecule has 2 atom stereocenters. The molecule has 14 heavy (non-hydrogen) atoms. The van der Waals surface area contributed by atoms with Crippen LogP contribution < -0.4 is 0 Å². The predicted octanol–water partition coefficient (Wildman–Crippen LogP) is 0.690. The van der Waals surface area contributed by atoms with Crippen molar-refractivity contribution in [3.05, 3.63) is 34.9 Å². The zero-order valence-electron chi connectivity index (χ0n) is 8.44. The Morgan fingerprint density at radius 1 is 1.21 bits per heavy atom. The molecule has 0 fully saturated rings. The number of benzene rings is 1. The number of hydrogen-bond donors (Lipinski definition) is 3. The molecule has 3 heteroatoms. The van der Waals surface area contributed by atoms with Crippen LogP contribution in [0.1, 0.15) is 22.8 Å². The molecule has 2 unspecified atom stereocenters. The molecule has 0 aliphatic heterocycles. The second kappa shape index (κ2) is 4.55. The molecule has 78 valence electrons. The third-order valence-corrected chi connectivity index (χ3v) is 2.30. The summed E-state index contributed by atoms with van der Waals surface area (Å²) in [5.41, 5.74) is 2.61. The monoisotopic (exact) mass is 196 g/mol. The van der Waals surface area contributed by atoms with Crippen LogP contribution in [-0.4, -0.2) is 28.0 Å². The first-order valence-electron chi connectivity index (χ1n) is 4.60. The number of aliphatic hydroxyl groups excluding tert-OH is 3. The Bertz CT molecular complexity index is 309. The van der Waals surface area contributed by atoms with E-state index >= 15 is 0 Å².